The van der Waals surface area contributed by atoms with Crippen LogP contribution in [0.15, 0.2) is 22.7 Å². The number of nitrogens with one attached hydrogen (secondary N) is 1. The van der Waals surface area contributed by atoms with E-state index in [9.17, 15) is 4.79 Å². The molecule has 0 aliphatic carbocycles. The Morgan fingerprint density at radius 2 is 2.20 bits per heavy atom. The second-order valence-electron chi connectivity index (χ2n) is 4.52. The van der Waals surface area contributed by atoms with Crippen LogP contribution < -0.4 is 5.32 Å². The summed E-state index contributed by atoms with van der Waals surface area (Å²) >= 11 is 3.43. The van der Waals surface area contributed by atoms with Gasteiger partial charge in [-0.2, -0.15) is 0 Å². The zero-order chi connectivity index (χ0) is 15.0. The summed E-state index contributed by atoms with van der Waals surface area (Å²) < 4.78 is 5.85. The highest BCUT2D eigenvalue weighted by atomic mass is 79.9. The molecule has 0 saturated carbocycles. The van der Waals surface area contributed by atoms with Crippen LogP contribution in [0.1, 0.15) is 5.56 Å². The van der Waals surface area contributed by atoms with Crippen molar-refractivity contribution in [2.75, 3.05) is 45.3 Å². The summed E-state index contributed by atoms with van der Waals surface area (Å²) in [7, 11) is 1.61. The molecule has 0 bridgehead atoms. The molecule has 0 aliphatic heterocycles. The number of amides is 1. The van der Waals surface area contributed by atoms with E-state index in [0.29, 0.717) is 19.7 Å². The Bertz CT molecular complexity index is 440. The van der Waals surface area contributed by atoms with Crippen LogP contribution in [0.25, 0.3) is 0 Å². The van der Waals surface area contributed by atoms with Gasteiger partial charge in [0.15, 0.2) is 0 Å². The third-order valence-electron chi connectivity index (χ3n) is 2.79. The number of hydrogen-bond donors (Lipinski definition) is 2. The standard InChI is InChI=1S/C14H21BrN2O3/c1-11-3-4-13(12(15)9-11)16-14(19)10-17(5-7-18)6-8-20-2/h3-4,9,18H,5-8,10H2,1-2H3,(H,16,19). The number of aliphatic hydroxyl groups excluding tert-OH is 1. The van der Waals surface area contributed by atoms with E-state index >= 15 is 0 Å². The van der Waals surface area contributed by atoms with Gasteiger partial charge in [0.2, 0.25) is 5.91 Å². The van der Waals surface area contributed by atoms with Crippen molar-refractivity contribution in [2.45, 2.75) is 6.92 Å². The molecule has 1 amide bonds. The molecule has 0 spiro atoms. The molecule has 0 atom stereocenters. The fourth-order valence-electron chi connectivity index (χ4n) is 1.75. The molecule has 6 heteroatoms. The molecule has 1 rings (SSSR count). The maximum Gasteiger partial charge on any atom is 0.238 e. The SMILES string of the molecule is COCCN(CCO)CC(=O)Nc1ccc(C)cc1Br. The number of carbonyl (C=O) groups is 1. The van der Waals surface area contributed by atoms with Gasteiger partial charge in [-0.15, -0.1) is 0 Å². The minimum Gasteiger partial charge on any atom is -0.395 e. The molecule has 20 heavy (non-hydrogen) atoms. The lowest BCUT2D eigenvalue weighted by atomic mass is 10.2. The predicted octanol–water partition coefficient (Wildman–Crippen LogP) is 1.64. The molecule has 0 radical (unpaired) electrons. The van der Waals surface area contributed by atoms with Gasteiger partial charge < -0.3 is 15.2 Å². The summed E-state index contributed by atoms with van der Waals surface area (Å²) in [5.74, 6) is -0.112. The topological polar surface area (TPSA) is 61.8 Å². The quantitative estimate of drug-likeness (QED) is 0.752. The van der Waals surface area contributed by atoms with Gasteiger partial charge in [0.05, 0.1) is 25.4 Å². The number of aliphatic hydroxyl groups is 1. The number of aryl methyl sites for hydroxylation is 1. The van der Waals surface area contributed by atoms with Crippen LogP contribution in [0.4, 0.5) is 5.69 Å². The normalized spacial score (nSPS) is 10.8. The van der Waals surface area contributed by atoms with Gasteiger partial charge in [-0.3, -0.25) is 9.69 Å². The number of methoxy groups -OCH3 is 1. The first-order valence-electron chi connectivity index (χ1n) is 6.45. The van der Waals surface area contributed by atoms with Gasteiger partial charge in [-0.1, -0.05) is 6.07 Å². The van der Waals surface area contributed by atoms with Gasteiger partial charge >= 0.3 is 0 Å². The predicted molar refractivity (Wildman–Crippen MR) is 82.9 cm³/mol. The molecule has 1 aromatic rings. The fraction of sp³-hybridized carbons (Fsp3) is 0.500. The van der Waals surface area contributed by atoms with Crippen molar-refractivity contribution in [3.63, 3.8) is 0 Å². The lowest BCUT2D eigenvalue weighted by molar-refractivity contribution is -0.117. The smallest absolute Gasteiger partial charge is 0.238 e. The molecule has 0 saturated heterocycles. The molecule has 0 fully saturated rings. The van der Waals surface area contributed by atoms with Crippen molar-refractivity contribution in [1.29, 1.82) is 0 Å². The Labute approximate surface area is 128 Å². The van der Waals surface area contributed by atoms with Gasteiger partial charge in [-0.25, -0.2) is 0 Å². The molecule has 112 valence electrons. The maximum absolute atomic E-state index is 12.0. The highest BCUT2D eigenvalue weighted by Crippen LogP contribution is 2.23. The minimum atomic E-state index is -0.112. The van der Waals surface area contributed by atoms with E-state index in [-0.39, 0.29) is 19.1 Å². The number of anilines is 1. The Morgan fingerprint density at radius 3 is 2.80 bits per heavy atom. The first-order chi connectivity index (χ1) is 9.56. The highest BCUT2D eigenvalue weighted by molar-refractivity contribution is 9.10. The summed E-state index contributed by atoms with van der Waals surface area (Å²) in [6.45, 7) is 3.83. The van der Waals surface area contributed by atoms with Crippen LogP contribution in [0.2, 0.25) is 0 Å². The van der Waals surface area contributed by atoms with E-state index in [2.05, 4.69) is 21.2 Å². The molecular formula is C14H21BrN2O3. The van der Waals surface area contributed by atoms with Crippen LogP contribution in [0.3, 0.4) is 0 Å². The number of ether oxygens (including phenoxy) is 1. The monoisotopic (exact) mass is 344 g/mol. The van der Waals surface area contributed by atoms with Crippen LogP contribution in [-0.2, 0) is 9.53 Å². The fourth-order valence-corrected chi connectivity index (χ4v) is 2.34. The number of benzene rings is 1. The van der Waals surface area contributed by atoms with Gasteiger partial charge in [-0.05, 0) is 40.5 Å². The van der Waals surface area contributed by atoms with Gasteiger partial charge in [0.1, 0.15) is 0 Å². The van der Waals surface area contributed by atoms with Gasteiger partial charge in [0.25, 0.3) is 0 Å². The number of nitrogens with zero attached hydrogens (tertiary/aromatic N) is 1. The second-order valence-corrected chi connectivity index (χ2v) is 5.38. The minimum absolute atomic E-state index is 0.0191. The number of rotatable bonds is 8. The average molecular weight is 345 g/mol. The first kappa shape index (κ1) is 17.1. The first-order valence-corrected chi connectivity index (χ1v) is 7.24. The van der Waals surface area contributed by atoms with Crippen molar-refractivity contribution in [3.8, 4) is 0 Å². The number of carbonyl (C=O) groups excluding carboxylic acids is 1. The van der Waals surface area contributed by atoms with Crippen LogP contribution in [-0.4, -0.2) is 55.9 Å². The van der Waals surface area contributed by atoms with Crippen molar-refractivity contribution in [1.82, 2.24) is 4.90 Å². The number of halogens is 1. The van der Waals surface area contributed by atoms with Crippen molar-refractivity contribution in [3.05, 3.63) is 28.2 Å². The maximum atomic E-state index is 12.0. The molecule has 5 nitrogen and oxygen atoms in total. The summed E-state index contributed by atoms with van der Waals surface area (Å²) in [6, 6.07) is 5.76. The lowest BCUT2D eigenvalue weighted by Gasteiger charge is -2.20. The molecule has 0 heterocycles. The number of hydrogen-bond acceptors (Lipinski definition) is 4. The zero-order valence-electron chi connectivity index (χ0n) is 11.9. The Hall–Kier alpha value is -0.950. The Balaban J connectivity index is 2.55. The van der Waals surface area contributed by atoms with E-state index in [1.165, 1.54) is 0 Å². The largest absolute Gasteiger partial charge is 0.395 e. The van der Waals surface area contributed by atoms with Crippen LogP contribution >= 0.6 is 15.9 Å². The molecule has 0 unspecified atom stereocenters. The Morgan fingerprint density at radius 1 is 1.45 bits per heavy atom. The van der Waals surface area contributed by atoms with E-state index in [1.54, 1.807) is 7.11 Å². The molecule has 0 aliphatic rings. The summed E-state index contributed by atoms with van der Waals surface area (Å²) in [5.41, 5.74) is 1.87. The van der Waals surface area contributed by atoms with Crippen LogP contribution in [0, 0.1) is 6.92 Å². The van der Waals surface area contributed by atoms with Crippen molar-refractivity contribution < 1.29 is 14.6 Å². The molecule has 0 aromatic heterocycles. The van der Waals surface area contributed by atoms with E-state index < -0.39 is 0 Å². The van der Waals surface area contributed by atoms with Crippen molar-refractivity contribution >= 4 is 27.5 Å². The second kappa shape index (κ2) is 9.07. The van der Waals surface area contributed by atoms with Crippen LogP contribution in [0.5, 0.6) is 0 Å². The van der Waals surface area contributed by atoms with E-state index in [1.807, 2.05) is 30.0 Å². The van der Waals surface area contributed by atoms with E-state index in [4.69, 9.17) is 9.84 Å². The highest BCUT2D eigenvalue weighted by Gasteiger charge is 2.11. The molecular weight excluding hydrogens is 324 g/mol. The van der Waals surface area contributed by atoms with E-state index in [0.717, 1.165) is 15.7 Å². The lowest BCUT2D eigenvalue weighted by Crippen LogP contribution is -2.37. The Kier molecular flexibility index (Phi) is 7.76. The molecule has 1 aromatic carbocycles. The molecule has 2 N–H and O–H groups in total. The van der Waals surface area contributed by atoms with Gasteiger partial charge in [0, 0.05) is 24.7 Å². The zero-order valence-corrected chi connectivity index (χ0v) is 13.4. The van der Waals surface area contributed by atoms with Crippen molar-refractivity contribution in [2.24, 2.45) is 0 Å². The third kappa shape index (κ3) is 6.00. The average Bonchev–Trinajstić information content (AvgIpc) is 2.39. The summed E-state index contributed by atoms with van der Waals surface area (Å²) in [6.07, 6.45) is 0. The summed E-state index contributed by atoms with van der Waals surface area (Å²) in [5, 5.41) is 11.8. The summed E-state index contributed by atoms with van der Waals surface area (Å²) in [4.78, 5) is 13.9. The third-order valence-corrected chi connectivity index (χ3v) is 3.45.